The van der Waals surface area contributed by atoms with Gasteiger partial charge in [-0.2, -0.15) is 0 Å². The van der Waals surface area contributed by atoms with Crippen LogP contribution in [-0.4, -0.2) is 54.7 Å². The number of hydrogen-bond acceptors (Lipinski definition) is 6. The lowest BCUT2D eigenvalue weighted by Gasteiger charge is -2.26. The molecule has 0 bridgehead atoms. The predicted octanol–water partition coefficient (Wildman–Crippen LogP) is 4.97. The minimum absolute atomic E-state index is 0.0326. The molecule has 35 heavy (non-hydrogen) atoms. The maximum atomic E-state index is 13.2. The van der Waals surface area contributed by atoms with Crippen molar-refractivity contribution >= 4 is 17.4 Å². The first-order valence-corrected chi connectivity index (χ1v) is 12.0. The smallest absolute Gasteiger partial charge is 0.295 e. The zero-order valence-electron chi connectivity index (χ0n) is 21.1. The van der Waals surface area contributed by atoms with Gasteiger partial charge < -0.3 is 24.2 Å². The predicted molar refractivity (Wildman–Crippen MR) is 134 cm³/mol. The number of hydrogen-bond donors (Lipinski definition) is 1. The van der Waals surface area contributed by atoms with Gasteiger partial charge in [-0.3, -0.25) is 9.59 Å². The van der Waals surface area contributed by atoms with Gasteiger partial charge >= 0.3 is 0 Å². The Labute approximate surface area is 207 Å². The monoisotopic (exact) mass is 481 g/mol. The van der Waals surface area contributed by atoms with Gasteiger partial charge in [-0.25, -0.2) is 0 Å². The van der Waals surface area contributed by atoms with Crippen molar-refractivity contribution in [3.8, 4) is 11.5 Å². The van der Waals surface area contributed by atoms with Crippen molar-refractivity contribution in [1.29, 1.82) is 0 Å². The van der Waals surface area contributed by atoms with Crippen molar-refractivity contribution in [1.82, 2.24) is 4.90 Å². The van der Waals surface area contributed by atoms with E-state index in [9.17, 15) is 14.7 Å². The number of ketones is 1. The average Bonchev–Trinajstić information content (AvgIpc) is 3.07. The summed E-state index contributed by atoms with van der Waals surface area (Å²) >= 11 is 0. The highest BCUT2D eigenvalue weighted by atomic mass is 16.5. The normalized spacial score (nSPS) is 17.5. The number of benzene rings is 2. The Bertz CT molecular complexity index is 1060. The van der Waals surface area contributed by atoms with E-state index in [-0.39, 0.29) is 17.4 Å². The largest absolute Gasteiger partial charge is 0.507 e. The zero-order chi connectivity index (χ0) is 25.5. The van der Waals surface area contributed by atoms with Crippen LogP contribution >= 0.6 is 0 Å². The van der Waals surface area contributed by atoms with Crippen molar-refractivity contribution in [2.45, 2.75) is 46.3 Å². The van der Waals surface area contributed by atoms with Crippen LogP contribution in [0.1, 0.15) is 51.3 Å². The van der Waals surface area contributed by atoms with Gasteiger partial charge in [0.1, 0.15) is 17.3 Å². The summed E-state index contributed by atoms with van der Waals surface area (Å²) in [5, 5.41) is 11.2. The molecule has 1 saturated heterocycles. The summed E-state index contributed by atoms with van der Waals surface area (Å²) in [6.45, 7) is 9.32. The lowest BCUT2D eigenvalue weighted by atomic mass is 9.95. The number of methoxy groups -OCH3 is 1. The van der Waals surface area contributed by atoms with Gasteiger partial charge in [0.15, 0.2) is 0 Å². The summed E-state index contributed by atoms with van der Waals surface area (Å²) in [4.78, 5) is 27.7. The molecule has 1 fully saturated rings. The lowest BCUT2D eigenvalue weighted by Crippen LogP contribution is -2.31. The van der Waals surface area contributed by atoms with Gasteiger partial charge in [0, 0.05) is 25.8 Å². The summed E-state index contributed by atoms with van der Waals surface area (Å²) in [6, 6.07) is 13.5. The second-order valence-corrected chi connectivity index (χ2v) is 9.31. The van der Waals surface area contributed by atoms with Crippen LogP contribution < -0.4 is 9.47 Å². The lowest BCUT2D eigenvalue weighted by molar-refractivity contribution is -0.140. The van der Waals surface area contributed by atoms with Crippen LogP contribution in [0.2, 0.25) is 0 Å². The van der Waals surface area contributed by atoms with E-state index in [0.717, 1.165) is 0 Å². The quantitative estimate of drug-likeness (QED) is 0.211. The minimum Gasteiger partial charge on any atom is -0.507 e. The molecule has 1 unspecified atom stereocenters. The number of carbonyl (C=O) groups is 2. The van der Waals surface area contributed by atoms with Crippen LogP contribution in [0.15, 0.2) is 54.1 Å². The zero-order valence-corrected chi connectivity index (χ0v) is 21.1. The van der Waals surface area contributed by atoms with Crippen LogP contribution in [-0.2, 0) is 14.3 Å². The first-order chi connectivity index (χ1) is 16.7. The maximum Gasteiger partial charge on any atom is 0.295 e. The molecule has 1 aliphatic heterocycles. The third-order valence-electron chi connectivity index (χ3n) is 5.54. The Kier molecular flexibility index (Phi) is 8.93. The fraction of sp³-hybridized carbons (Fsp3) is 0.429. The molecule has 7 nitrogen and oxygen atoms in total. The molecule has 1 N–H and O–H groups in total. The molecule has 1 amide bonds. The molecule has 2 aromatic rings. The fourth-order valence-electron chi connectivity index (χ4n) is 3.99. The summed E-state index contributed by atoms with van der Waals surface area (Å²) < 4.78 is 16.7. The Morgan fingerprint density at radius 3 is 2.37 bits per heavy atom. The van der Waals surface area contributed by atoms with Crippen molar-refractivity contribution in [3.05, 3.63) is 65.2 Å². The maximum absolute atomic E-state index is 13.2. The first-order valence-electron chi connectivity index (χ1n) is 12.0. The third-order valence-corrected chi connectivity index (χ3v) is 5.54. The third kappa shape index (κ3) is 6.42. The van der Waals surface area contributed by atoms with E-state index in [0.29, 0.717) is 54.7 Å². The van der Waals surface area contributed by atoms with E-state index in [2.05, 4.69) is 13.8 Å². The Hall–Kier alpha value is -3.32. The number of aliphatic hydroxyl groups is 1. The molecule has 3 rings (SSSR count). The van der Waals surface area contributed by atoms with Crippen molar-refractivity contribution in [2.75, 3.05) is 26.9 Å². The van der Waals surface area contributed by atoms with Gasteiger partial charge in [-0.05, 0) is 68.1 Å². The van der Waals surface area contributed by atoms with E-state index >= 15 is 0 Å². The highest BCUT2D eigenvalue weighted by molar-refractivity contribution is 6.46. The molecule has 188 valence electrons. The van der Waals surface area contributed by atoms with Gasteiger partial charge in [-0.15, -0.1) is 0 Å². The van der Waals surface area contributed by atoms with Crippen LogP contribution in [0.25, 0.3) is 5.76 Å². The average molecular weight is 482 g/mol. The van der Waals surface area contributed by atoms with E-state index in [1.54, 1.807) is 31.4 Å². The second kappa shape index (κ2) is 11.9. The van der Waals surface area contributed by atoms with Gasteiger partial charge in [-0.1, -0.05) is 26.0 Å². The second-order valence-electron chi connectivity index (χ2n) is 9.31. The van der Waals surface area contributed by atoms with Crippen molar-refractivity contribution in [2.24, 2.45) is 5.92 Å². The van der Waals surface area contributed by atoms with Crippen molar-refractivity contribution < 1.29 is 28.9 Å². The van der Waals surface area contributed by atoms with E-state index in [1.807, 2.05) is 38.1 Å². The summed E-state index contributed by atoms with van der Waals surface area (Å²) in [6.07, 6.45) is 0.527. The highest BCUT2D eigenvalue weighted by Gasteiger charge is 2.45. The summed E-state index contributed by atoms with van der Waals surface area (Å²) in [7, 11) is 1.59. The van der Waals surface area contributed by atoms with E-state index in [4.69, 9.17) is 14.2 Å². The van der Waals surface area contributed by atoms with Crippen LogP contribution in [0, 0.1) is 5.92 Å². The Morgan fingerprint density at radius 1 is 1.03 bits per heavy atom. The highest BCUT2D eigenvalue weighted by Crippen LogP contribution is 2.40. The molecular weight excluding hydrogens is 446 g/mol. The number of ether oxygens (including phenoxy) is 3. The first kappa shape index (κ1) is 26.3. The molecule has 1 heterocycles. The molecule has 7 heteroatoms. The summed E-state index contributed by atoms with van der Waals surface area (Å²) in [5.74, 6) is 0.123. The number of Topliss-reactive ketones (excluding diaryl/α,β-unsaturated/α-hetero) is 1. The fourth-order valence-corrected chi connectivity index (χ4v) is 3.99. The molecule has 1 atom stereocenters. The number of carbonyl (C=O) groups excluding carboxylic acids is 2. The topological polar surface area (TPSA) is 85.3 Å². The van der Waals surface area contributed by atoms with Gasteiger partial charge in [0.2, 0.25) is 0 Å². The molecule has 2 aromatic carbocycles. The molecule has 0 aliphatic carbocycles. The number of aliphatic hydroxyl groups excluding tert-OH is 1. The number of likely N-dealkylation sites (tertiary alicyclic amines) is 1. The molecule has 1 aliphatic rings. The minimum atomic E-state index is -0.737. The number of rotatable bonds is 11. The van der Waals surface area contributed by atoms with Crippen LogP contribution in [0.4, 0.5) is 0 Å². The molecule has 0 aromatic heterocycles. The van der Waals surface area contributed by atoms with Gasteiger partial charge in [0.05, 0.1) is 24.3 Å². The van der Waals surface area contributed by atoms with E-state index < -0.39 is 17.7 Å². The Balaban J connectivity index is 2.03. The van der Waals surface area contributed by atoms with E-state index in [1.165, 1.54) is 4.90 Å². The number of nitrogens with zero attached hydrogens (tertiary/aromatic N) is 1. The Morgan fingerprint density at radius 2 is 1.74 bits per heavy atom. The van der Waals surface area contributed by atoms with Crippen LogP contribution in [0.5, 0.6) is 11.5 Å². The standard InChI is InChI=1S/C28H35NO6/c1-18(2)17-34-22-12-10-20(11-13-22)26(30)24-25(21-8-6-9-23(16-21)35-19(3)4)29(14-7-15-33-5)28(32)27(24)31/h6,8-13,16,18-19,25,30H,7,14-15,17H2,1-5H3/b26-24-. The molecular formula is C28H35NO6. The molecule has 0 radical (unpaired) electrons. The van der Waals surface area contributed by atoms with Gasteiger partial charge in [0.25, 0.3) is 11.7 Å². The summed E-state index contributed by atoms with van der Waals surface area (Å²) in [5.41, 5.74) is 1.19. The molecule has 0 spiro atoms. The number of amides is 1. The van der Waals surface area contributed by atoms with Crippen LogP contribution in [0.3, 0.4) is 0 Å². The SMILES string of the molecule is COCCCN1C(=O)C(=O)/C(=C(\O)c2ccc(OCC(C)C)cc2)C1c1cccc(OC(C)C)c1. The molecule has 0 saturated carbocycles. The van der Waals surface area contributed by atoms with Crippen molar-refractivity contribution in [3.63, 3.8) is 0 Å².